The average molecular weight is 382 g/mol. The summed E-state index contributed by atoms with van der Waals surface area (Å²) in [6, 6.07) is 14.1. The van der Waals surface area contributed by atoms with Crippen molar-refractivity contribution in [3.8, 4) is 11.6 Å². The van der Waals surface area contributed by atoms with Crippen molar-refractivity contribution in [2.24, 2.45) is 0 Å². The number of aryl methyl sites for hydroxylation is 1. The molecular weight excluding hydrogens is 366 g/mol. The van der Waals surface area contributed by atoms with E-state index in [1.165, 1.54) is 4.52 Å². The third-order valence-electron chi connectivity index (χ3n) is 4.05. The minimum absolute atomic E-state index is 0.252. The summed E-state index contributed by atoms with van der Waals surface area (Å²) in [5, 5.41) is 7.85. The molecule has 0 saturated heterocycles. The van der Waals surface area contributed by atoms with Gasteiger partial charge in [-0.2, -0.15) is 4.52 Å². The molecule has 0 aliphatic heterocycles. The van der Waals surface area contributed by atoms with Crippen LogP contribution in [-0.2, 0) is 6.54 Å². The van der Waals surface area contributed by atoms with Crippen molar-refractivity contribution in [1.82, 2.24) is 19.9 Å². The summed E-state index contributed by atoms with van der Waals surface area (Å²) in [5.74, 6) is 1.78. The zero-order chi connectivity index (χ0) is 19.0. The minimum atomic E-state index is -0.252. The molecule has 0 spiro atoms. The molecule has 1 aromatic carbocycles. The number of carbonyl (C=O) groups excluding carboxylic acids is 1. The minimum Gasteiger partial charge on any atom is -0.458 e. The SMILES string of the molecule is Cc1ccc(-c2nc3cc(C(=O)NCc4ccc(Cl)cc4)cc(N)n3n2)o1. The fourth-order valence-electron chi connectivity index (χ4n) is 2.69. The Kier molecular flexibility index (Phi) is 4.29. The van der Waals surface area contributed by atoms with E-state index in [-0.39, 0.29) is 5.91 Å². The molecular formula is C19H16ClN5O2. The first-order valence-electron chi connectivity index (χ1n) is 8.25. The van der Waals surface area contributed by atoms with Crippen molar-refractivity contribution in [1.29, 1.82) is 0 Å². The first-order valence-corrected chi connectivity index (χ1v) is 8.63. The number of pyridine rings is 1. The highest BCUT2D eigenvalue weighted by Crippen LogP contribution is 2.21. The van der Waals surface area contributed by atoms with Crippen LogP contribution in [0.1, 0.15) is 21.7 Å². The maximum atomic E-state index is 12.5. The van der Waals surface area contributed by atoms with Gasteiger partial charge < -0.3 is 15.5 Å². The number of nitrogens with one attached hydrogen (secondary N) is 1. The molecule has 27 heavy (non-hydrogen) atoms. The van der Waals surface area contributed by atoms with E-state index in [1.54, 1.807) is 30.3 Å². The van der Waals surface area contributed by atoms with E-state index in [9.17, 15) is 4.79 Å². The molecule has 0 saturated carbocycles. The highest BCUT2D eigenvalue weighted by atomic mass is 35.5. The quantitative estimate of drug-likeness (QED) is 0.564. The number of furan rings is 1. The number of nitrogen functional groups attached to an aromatic ring is 1. The van der Waals surface area contributed by atoms with Crippen molar-refractivity contribution < 1.29 is 9.21 Å². The largest absolute Gasteiger partial charge is 0.458 e. The molecule has 136 valence electrons. The number of halogens is 1. The Bertz CT molecular complexity index is 1130. The Labute approximate surface area is 159 Å². The molecule has 3 heterocycles. The standard InChI is InChI=1S/C19H16ClN5O2/c1-11-2-7-15(27-11)18-23-17-9-13(8-16(21)25(17)24-18)19(26)22-10-12-3-5-14(20)6-4-12/h2-9H,10,21H2,1H3,(H,22,26). The van der Waals surface area contributed by atoms with E-state index in [1.807, 2.05) is 25.1 Å². The van der Waals surface area contributed by atoms with Crippen molar-refractivity contribution in [2.75, 3.05) is 5.73 Å². The number of nitrogens with zero attached hydrogens (tertiary/aromatic N) is 3. The van der Waals surface area contributed by atoms with Crippen molar-refractivity contribution >= 4 is 29.0 Å². The summed E-state index contributed by atoms with van der Waals surface area (Å²) in [7, 11) is 0. The summed E-state index contributed by atoms with van der Waals surface area (Å²) in [6.45, 7) is 2.22. The highest BCUT2D eigenvalue weighted by molar-refractivity contribution is 6.30. The van der Waals surface area contributed by atoms with Crippen LogP contribution >= 0.6 is 11.6 Å². The predicted molar refractivity (Wildman–Crippen MR) is 102 cm³/mol. The first kappa shape index (κ1) is 17.1. The number of nitrogens with two attached hydrogens (primary N) is 1. The van der Waals surface area contributed by atoms with Gasteiger partial charge in [-0.3, -0.25) is 4.79 Å². The van der Waals surface area contributed by atoms with Gasteiger partial charge in [-0.25, -0.2) is 4.98 Å². The second-order valence-corrected chi connectivity index (χ2v) is 6.53. The van der Waals surface area contributed by atoms with Crippen molar-refractivity contribution in [3.05, 3.63) is 70.4 Å². The second-order valence-electron chi connectivity index (χ2n) is 6.09. The average Bonchev–Trinajstić information content (AvgIpc) is 3.27. The van der Waals surface area contributed by atoms with Crippen LogP contribution in [0.15, 0.2) is 52.9 Å². The number of hydrogen-bond acceptors (Lipinski definition) is 5. The summed E-state index contributed by atoms with van der Waals surface area (Å²) >= 11 is 5.87. The second kappa shape index (κ2) is 6.77. The van der Waals surface area contributed by atoms with Crippen LogP contribution in [0.3, 0.4) is 0 Å². The Morgan fingerprint density at radius 3 is 2.70 bits per heavy atom. The molecule has 0 aliphatic rings. The van der Waals surface area contributed by atoms with E-state index >= 15 is 0 Å². The molecule has 0 bridgehead atoms. The van der Waals surface area contributed by atoms with Gasteiger partial charge in [0, 0.05) is 17.1 Å². The van der Waals surface area contributed by atoms with Gasteiger partial charge >= 0.3 is 0 Å². The van der Waals surface area contributed by atoms with Gasteiger partial charge in [0.1, 0.15) is 11.6 Å². The van der Waals surface area contributed by atoms with E-state index in [0.717, 1.165) is 11.3 Å². The van der Waals surface area contributed by atoms with Crippen molar-refractivity contribution in [3.63, 3.8) is 0 Å². The van der Waals surface area contributed by atoms with Crippen LogP contribution in [0, 0.1) is 6.92 Å². The molecule has 1 amide bonds. The molecule has 8 heteroatoms. The van der Waals surface area contributed by atoms with E-state index in [4.69, 9.17) is 21.8 Å². The van der Waals surface area contributed by atoms with Gasteiger partial charge in [-0.15, -0.1) is 5.10 Å². The number of anilines is 1. The monoisotopic (exact) mass is 381 g/mol. The maximum absolute atomic E-state index is 12.5. The van der Waals surface area contributed by atoms with Crippen LogP contribution in [0.5, 0.6) is 0 Å². The number of benzene rings is 1. The van der Waals surface area contributed by atoms with Crippen LogP contribution in [0.25, 0.3) is 17.2 Å². The van der Waals surface area contributed by atoms with Crippen molar-refractivity contribution in [2.45, 2.75) is 13.5 Å². The van der Waals surface area contributed by atoms with Gasteiger partial charge in [0.25, 0.3) is 5.91 Å². The zero-order valence-electron chi connectivity index (χ0n) is 14.4. The molecule has 0 radical (unpaired) electrons. The third-order valence-corrected chi connectivity index (χ3v) is 4.31. The summed E-state index contributed by atoms with van der Waals surface area (Å²) < 4.78 is 7.02. The zero-order valence-corrected chi connectivity index (χ0v) is 15.2. The molecule has 7 nitrogen and oxygen atoms in total. The normalized spacial score (nSPS) is 11.0. The third kappa shape index (κ3) is 3.50. The number of hydrogen-bond donors (Lipinski definition) is 2. The lowest BCUT2D eigenvalue weighted by molar-refractivity contribution is 0.0951. The van der Waals surface area contributed by atoms with Gasteiger partial charge in [0.15, 0.2) is 11.4 Å². The van der Waals surface area contributed by atoms with Crippen LogP contribution in [-0.4, -0.2) is 20.5 Å². The van der Waals surface area contributed by atoms with Gasteiger partial charge in [0.2, 0.25) is 5.82 Å². The lowest BCUT2D eigenvalue weighted by Gasteiger charge is -2.07. The lowest BCUT2D eigenvalue weighted by atomic mass is 10.2. The smallest absolute Gasteiger partial charge is 0.251 e. The van der Waals surface area contributed by atoms with Crippen LogP contribution < -0.4 is 11.1 Å². The van der Waals surface area contributed by atoms with Gasteiger partial charge in [-0.1, -0.05) is 23.7 Å². The summed E-state index contributed by atoms with van der Waals surface area (Å²) in [4.78, 5) is 16.9. The number of amides is 1. The maximum Gasteiger partial charge on any atom is 0.251 e. The topological polar surface area (TPSA) is 98.5 Å². The number of carbonyl (C=O) groups is 1. The molecule has 4 aromatic rings. The Morgan fingerprint density at radius 2 is 2.00 bits per heavy atom. The van der Waals surface area contributed by atoms with Gasteiger partial charge in [-0.05, 0) is 48.9 Å². The number of rotatable bonds is 4. The van der Waals surface area contributed by atoms with Crippen LogP contribution in [0.4, 0.5) is 5.82 Å². The lowest BCUT2D eigenvalue weighted by Crippen LogP contribution is -2.23. The van der Waals surface area contributed by atoms with E-state index < -0.39 is 0 Å². The summed E-state index contributed by atoms with van der Waals surface area (Å²) in [6.07, 6.45) is 0. The summed E-state index contributed by atoms with van der Waals surface area (Å²) in [5.41, 5.74) is 7.87. The number of fused-ring (bicyclic) bond motifs is 1. The predicted octanol–water partition coefficient (Wildman–Crippen LogP) is 3.46. The Morgan fingerprint density at radius 1 is 1.22 bits per heavy atom. The molecule has 0 fully saturated rings. The Balaban J connectivity index is 1.58. The van der Waals surface area contributed by atoms with Gasteiger partial charge in [0.05, 0.1) is 0 Å². The molecule has 4 rings (SSSR count). The van der Waals surface area contributed by atoms with E-state index in [0.29, 0.717) is 40.2 Å². The fourth-order valence-corrected chi connectivity index (χ4v) is 2.81. The number of aromatic nitrogens is 3. The Hall–Kier alpha value is -3.32. The fraction of sp³-hybridized carbons (Fsp3) is 0.105. The van der Waals surface area contributed by atoms with Crippen LogP contribution in [0.2, 0.25) is 5.02 Å². The molecule has 3 aromatic heterocycles. The molecule has 3 N–H and O–H groups in total. The van der Waals surface area contributed by atoms with E-state index in [2.05, 4.69) is 15.4 Å². The first-order chi connectivity index (χ1) is 13.0. The molecule has 0 unspecified atom stereocenters. The molecule has 0 atom stereocenters. The highest BCUT2D eigenvalue weighted by Gasteiger charge is 2.15. The molecule has 0 aliphatic carbocycles.